The molecule has 1 aromatic heterocycles. The number of benzene rings is 2. The number of rotatable bonds is 8. The lowest BCUT2D eigenvalue weighted by molar-refractivity contribution is -0.127. The first-order chi connectivity index (χ1) is 16.0. The van der Waals surface area contributed by atoms with Gasteiger partial charge < -0.3 is 14.5 Å². The van der Waals surface area contributed by atoms with Gasteiger partial charge in [0.05, 0.1) is 11.5 Å². The van der Waals surface area contributed by atoms with E-state index in [0.717, 1.165) is 21.6 Å². The summed E-state index contributed by atoms with van der Waals surface area (Å²) >= 11 is 2.24. The molecule has 9 heteroatoms. The second kappa shape index (κ2) is 10.5. The molecule has 1 N–H and O–H groups in total. The number of hydrogen-bond donors (Lipinski definition) is 1. The molecule has 1 saturated heterocycles. The van der Waals surface area contributed by atoms with E-state index in [2.05, 4.69) is 5.32 Å². The van der Waals surface area contributed by atoms with Gasteiger partial charge in [0.15, 0.2) is 5.09 Å². The van der Waals surface area contributed by atoms with E-state index in [1.807, 2.05) is 37.3 Å². The molecule has 33 heavy (non-hydrogen) atoms. The Balaban J connectivity index is 1.37. The molecule has 168 valence electrons. The van der Waals surface area contributed by atoms with Crippen molar-refractivity contribution >= 4 is 52.3 Å². The van der Waals surface area contributed by atoms with Crippen LogP contribution in [0.3, 0.4) is 0 Å². The molecule has 2 heterocycles. The molecule has 3 amide bonds. The molecule has 0 saturated carbocycles. The van der Waals surface area contributed by atoms with Crippen LogP contribution in [0.15, 0.2) is 86.0 Å². The van der Waals surface area contributed by atoms with Gasteiger partial charge in [0.2, 0.25) is 5.91 Å². The number of nitrogens with one attached hydrogen (secondary N) is 1. The van der Waals surface area contributed by atoms with Crippen LogP contribution in [-0.2, 0) is 9.59 Å². The first-order valence-corrected chi connectivity index (χ1v) is 11.8. The minimum absolute atomic E-state index is 0.208. The summed E-state index contributed by atoms with van der Waals surface area (Å²) < 4.78 is 11.1. The highest BCUT2D eigenvalue weighted by Gasteiger charge is 2.36. The molecular weight excluding hydrogens is 460 g/mol. The van der Waals surface area contributed by atoms with Gasteiger partial charge in [-0.25, -0.2) is 0 Å². The molecule has 0 atom stereocenters. The van der Waals surface area contributed by atoms with Crippen LogP contribution in [-0.4, -0.2) is 35.1 Å². The van der Waals surface area contributed by atoms with Gasteiger partial charge in [-0.2, -0.15) is 0 Å². The molecule has 2 aromatic carbocycles. The molecule has 3 aromatic rings. The maximum Gasteiger partial charge on any atom is 0.294 e. The van der Waals surface area contributed by atoms with Gasteiger partial charge in [-0.05, 0) is 67.2 Å². The summed E-state index contributed by atoms with van der Waals surface area (Å²) in [4.78, 5) is 39.6. The maximum atomic E-state index is 12.7. The molecule has 0 radical (unpaired) electrons. The fourth-order valence-corrected chi connectivity index (χ4v) is 4.60. The highest BCUT2D eigenvalue weighted by molar-refractivity contribution is 8.18. The largest absolute Gasteiger partial charge is 0.494 e. The Morgan fingerprint density at radius 1 is 1.09 bits per heavy atom. The van der Waals surface area contributed by atoms with E-state index in [1.54, 1.807) is 36.4 Å². The first-order valence-electron chi connectivity index (χ1n) is 10.1. The van der Waals surface area contributed by atoms with E-state index >= 15 is 0 Å². The predicted octanol–water partition coefficient (Wildman–Crippen LogP) is 5.50. The van der Waals surface area contributed by atoms with Crippen LogP contribution in [0, 0.1) is 0 Å². The summed E-state index contributed by atoms with van der Waals surface area (Å²) in [6.45, 7) is 2.06. The van der Waals surface area contributed by atoms with Crippen molar-refractivity contribution in [1.82, 2.24) is 4.90 Å². The van der Waals surface area contributed by atoms with E-state index in [4.69, 9.17) is 9.15 Å². The van der Waals surface area contributed by atoms with Crippen molar-refractivity contribution in [1.29, 1.82) is 0 Å². The summed E-state index contributed by atoms with van der Waals surface area (Å²) in [5.74, 6) is 0.148. The number of hydrogen-bond acceptors (Lipinski definition) is 7. The Kier molecular flexibility index (Phi) is 7.21. The average Bonchev–Trinajstić information content (AvgIpc) is 3.35. The van der Waals surface area contributed by atoms with Gasteiger partial charge in [0, 0.05) is 16.7 Å². The number of nitrogens with zero attached hydrogens (tertiary/aromatic N) is 1. The molecule has 0 unspecified atom stereocenters. The standard InChI is InChI=1S/C24H20N2O5S2/c1-2-30-17-10-8-16(9-11-17)25-21(27)15-26-23(28)20(33-24(26)29)14-18-12-13-22(31-18)32-19-6-4-3-5-7-19/h3-14H,2,15H2,1H3,(H,25,27)/b20-14+. The van der Waals surface area contributed by atoms with Crippen LogP contribution in [0.25, 0.3) is 6.08 Å². The van der Waals surface area contributed by atoms with Gasteiger partial charge in [-0.1, -0.05) is 30.0 Å². The van der Waals surface area contributed by atoms with E-state index < -0.39 is 17.1 Å². The summed E-state index contributed by atoms with van der Waals surface area (Å²) in [6.07, 6.45) is 1.52. The third-order valence-electron chi connectivity index (χ3n) is 4.46. The SMILES string of the molecule is CCOc1ccc(NC(=O)CN2C(=O)S/C(=C/c3ccc(Sc4ccccc4)o3)C2=O)cc1. The lowest BCUT2D eigenvalue weighted by atomic mass is 10.3. The van der Waals surface area contributed by atoms with Gasteiger partial charge in [-0.15, -0.1) is 0 Å². The summed E-state index contributed by atoms with van der Waals surface area (Å²) in [5, 5.41) is 2.85. The zero-order chi connectivity index (χ0) is 23.2. The normalized spacial score (nSPS) is 14.7. The number of thioether (sulfide) groups is 1. The van der Waals surface area contributed by atoms with Crippen LogP contribution in [0.2, 0.25) is 0 Å². The molecule has 1 fully saturated rings. The maximum absolute atomic E-state index is 12.7. The number of anilines is 1. The van der Waals surface area contributed by atoms with E-state index in [-0.39, 0.29) is 11.4 Å². The zero-order valence-electron chi connectivity index (χ0n) is 17.6. The highest BCUT2D eigenvalue weighted by Crippen LogP contribution is 2.34. The number of carbonyl (C=O) groups excluding carboxylic acids is 3. The quantitative estimate of drug-likeness (QED) is 0.426. The minimum Gasteiger partial charge on any atom is -0.494 e. The number of carbonyl (C=O) groups is 3. The second-order valence-corrected chi connectivity index (χ2v) is 8.92. The molecule has 0 aliphatic carbocycles. The third kappa shape index (κ3) is 5.88. The molecular formula is C24H20N2O5S2. The molecule has 0 spiro atoms. The fraction of sp³-hybridized carbons (Fsp3) is 0.125. The van der Waals surface area contributed by atoms with Crippen molar-refractivity contribution in [3.05, 3.63) is 77.4 Å². The van der Waals surface area contributed by atoms with Crippen LogP contribution in [0.4, 0.5) is 10.5 Å². The molecule has 1 aliphatic heterocycles. The minimum atomic E-state index is -0.527. The van der Waals surface area contributed by atoms with E-state index in [9.17, 15) is 14.4 Å². The Morgan fingerprint density at radius 2 is 1.85 bits per heavy atom. The average molecular weight is 481 g/mol. The van der Waals surface area contributed by atoms with Crippen LogP contribution >= 0.6 is 23.5 Å². The molecule has 1 aliphatic rings. The summed E-state index contributed by atoms with van der Waals surface area (Å²) in [5.41, 5.74) is 0.546. The lowest BCUT2D eigenvalue weighted by Gasteiger charge is -2.12. The van der Waals surface area contributed by atoms with E-state index in [0.29, 0.717) is 28.9 Å². The van der Waals surface area contributed by atoms with Crippen LogP contribution < -0.4 is 10.1 Å². The lowest BCUT2D eigenvalue weighted by Crippen LogP contribution is -2.36. The van der Waals surface area contributed by atoms with Crippen molar-refractivity contribution in [2.75, 3.05) is 18.5 Å². The molecule has 0 bridgehead atoms. The number of amides is 3. The number of imide groups is 1. The smallest absolute Gasteiger partial charge is 0.294 e. The summed E-state index contributed by atoms with van der Waals surface area (Å²) in [7, 11) is 0. The summed E-state index contributed by atoms with van der Waals surface area (Å²) in [6, 6.07) is 20.1. The van der Waals surface area contributed by atoms with Crippen LogP contribution in [0.1, 0.15) is 12.7 Å². The van der Waals surface area contributed by atoms with Gasteiger partial charge in [-0.3, -0.25) is 19.3 Å². The van der Waals surface area contributed by atoms with Crippen molar-refractivity contribution in [2.24, 2.45) is 0 Å². The van der Waals surface area contributed by atoms with Crippen molar-refractivity contribution in [2.45, 2.75) is 16.9 Å². The van der Waals surface area contributed by atoms with Gasteiger partial charge in [0.25, 0.3) is 11.1 Å². The van der Waals surface area contributed by atoms with Gasteiger partial charge >= 0.3 is 0 Å². The molecule has 7 nitrogen and oxygen atoms in total. The van der Waals surface area contributed by atoms with Crippen molar-refractivity contribution < 1.29 is 23.5 Å². The Bertz CT molecular complexity index is 1190. The van der Waals surface area contributed by atoms with Gasteiger partial charge in [0.1, 0.15) is 18.1 Å². The van der Waals surface area contributed by atoms with Crippen LogP contribution in [0.5, 0.6) is 5.75 Å². The Labute approximate surface area is 199 Å². The highest BCUT2D eigenvalue weighted by atomic mass is 32.2. The zero-order valence-corrected chi connectivity index (χ0v) is 19.3. The second-order valence-electron chi connectivity index (χ2n) is 6.85. The number of ether oxygens (including phenoxy) is 1. The van der Waals surface area contributed by atoms with Crippen molar-refractivity contribution in [3.63, 3.8) is 0 Å². The monoisotopic (exact) mass is 480 g/mol. The van der Waals surface area contributed by atoms with Crippen molar-refractivity contribution in [3.8, 4) is 5.75 Å². The predicted molar refractivity (Wildman–Crippen MR) is 128 cm³/mol. The molecule has 4 rings (SSSR count). The van der Waals surface area contributed by atoms with E-state index in [1.165, 1.54) is 17.8 Å². The Morgan fingerprint density at radius 3 is 2.58 bits per heavy atom. The fourth-order valence-electron chi connectivity index (χ4n) is 2.98. The third-order valence-corrected chi connectivity index (χ3v) is 6.30. The topological polar surface area (TPSA) is 88.8 Å². The first kappa shape index (κ1) is 22.8. The number of furan rings is 1. The Hall–Kier alpha value is -3.43.